The molecule has 4 nitrogen and oxygen atoms in total. The van der Waals surface area contributed by atoms with Crippen LogP contribution in [0.25, 0.3) is 10.8 Å². The lowest BCUT2D eigenvalue weighted by atomic mass is 10.2. The zero-order valence-electron chi connectivity index (χ0n) is 9.06. The SMILES string of the molecule is c1ccc2c(N3CCNCC3)nncc2c1. The Balaban J connectivity index is 2.08. The molecule has 1 saturated heterocycles. The molecule has 2 heterocycles. The second-order valence-corrected chi connectivity index (χ2v) is 3.99. The Morgan fingerprint density at radius 2 is 1.94 bits per heavy atom. The van der Waals surface area contributed by atoms with E-state index in [1.165, 1.54) is 5.39 Å². The van der Waals surface area contributed by atoms with Crippen molar-refractivity contribution in [1.82, 2.24) is 15.5 Å². The van der Waals surface area contributed by atoms with Crippen LogP contribution in [-0.2, 0) is 0 Å². The van der Waals surface area contributed by atoms with Crippen LogP contribution in [0.1, 0.15) is 0 Å². The van der Waals surface area contributed by atoms with Crippen molar-refractivity contribution in [2.75, 3.05) is 31.1 Å². The smallest absolute Gasteiger partial charge is 0.159 e. The van der Waals surface area contributed by atoms with Gasteiger partial charge in [-0.05, 0) is 0 Å². The fraction of sp³-hybridized carbons (Fsp3) is 0.333. The molecular formula is C12H14N4. The summed E-state index contributed by atoms with van der Waals surface area (Å²) in [5.74, 6) is 1.01. The van der Waals surface area contributed by atoms with Gasteiger partial charge in [-0.15, -0.1) is 5.10 Å². The number of piperazine rings is 1. The summed E-state index contributed by atoms with van der Waals surface area (Å²) in [5.41, 5.74) is 0. The highest BCUT2D eigenvalue weighted by Crippen LogP contribution is 2.22. The Hall–Kier alpha value is -1.68. The van der Waals surface area contributed by atoms with Crippen molar-refractivity contribution in [1.29, 1.82) is 0 Å². The highest BCUT2D eigenvalue weighted by molar-refractivity contribution is 5.91. The predicted molar refractivity (Wildman–Crippen MR) is 64.6 cm³/mol. The standard InChI is InChI=1S/C12H14N4/c1-2-4-11-10(3-1)9-14-15-12(11)16-7-5-13-6-8-16/h1-4,9,13H,5-8H2. The van der Waals surface area contributed by atoms with Gasteiger partial charge in [0, 0.05) is 37.0 Å². The van der Waals surface area contributed by atoms with E-state index in [4.69, 9.17) is 0 Å². The van der Waals surface area contributed by atoms with E-state index in [0.717, 1.165) is 37.4 Å². The van der Waals surface area contributed by atoms with Crippen molar-refractivity contribution in [2.24, 2.45) is 0 Å². The minimum atomic E-state index is 1.00. The summed E-state index contributed by atoms with van der Waals surface area (Å²) >= 11 is 0. The van der Waals surface area contributed by atoms with Crippen LogP contribution in [0.2, 0.25) is 0 Å². The van der Waals surface area contributed by atoms with Gasteiger partial charge >= 0.3 is 0 Å². The van der Waals surface area contributed by atoms with Crippen molar-refractivity contribution in [2.45, 2.75) is 0 Å². The largest absolute Gasteiger partial charge is 0.352 e. The summed E-state index contributed by atoms with van der Waals surface area (Å²) in [4.78, 5) is 2.30. The molecule has 0 radical (unpaired) electrons. The maximum Gasteiger partial charge on any atom is 0.159 e. The van der Waals surface area contributed by atoms with Crippen LogP contribution in [-0.4, -0.2) is 36.4 Å². The quantitative estimate of drug-likeness (QED) is 0.770. The minimum Gasteiger partial charge on any atom is -0.352 e. The van der Waals surface area contributed by atoms with Gasteiger partial charge in [-0.1, -0.05) is 24.3 Å². The van der Waals surface area contributed by atoms with Crippen LogP contribution in [0, 0.1) is 0 Å². The molecule has 1 aliphatic rings. The van der Waals surface area contributed by atoms with E-state index >= 15 is 0 Å². The van der Waals surface area contributed by atoms with Gasteiger partial charge in [0.1, 0.15) is 0 Å². The van der Waals surface area contributed by atoms with Gasteiger partial charge in [-0.25, -0.2) is 0 Å². The first-order valence-electron chi connectivity index (χ1n) is 5.61. The zero-order chi connectivity index (χ0) is 10.8. The topological polar surface area (TPSA) is 41.0 Å². The highest BCUT2D eigenvalue weighted by atomic mass is 15.3. The number of rotatable bonds is 1. The highest BCUT2D eigenvalue weighted by Gasteiger charge is 2.14. The summed E-state index contributed by atoms with van der Waals surface area (Å²) in [6, 6.07) is 8.28. The lowest BCUT2D eigenvalue weighted by Crippen LogP contribution is -2.44. The van der Waals surface area contributed by atoms with E-state index in [1.807, 2.05) is 12.3 Å². The third-order valence-electron chi connectivity index (χ3n) is 2.97. The van der Waals surface area contributed by atoms with Crippen molar-refractivity contribution in [3.63, 3.8) is 0 Å². The number of nitrogens with zero attached hydrogens (tertiary/aromatic N) is 3. The zero-order valence-corrected chi connectivity index (χ0v) is 9.06. The number of fused-ring (bicyclic) bond motifs is 1. The Kier molecular flexibility index (Phi) is 2.42. The van der Waals surface area contributed by atoms with E-state index in [9.17, 15) is 0 Å². The molecule has 0 aliphatic carbocycles. The molecule has 0 amide bonds. The molecule has 2 aromatic rings. The summed E-state index contributed by atoms with van der Waals surface area (Å²) in [6.07, 6.45) is 1.82. The summed E-state index contributed by atoms with van der Waals surface area (Å²) < 4.78 is 0. The third-order valence-corrected chi connectivity index (χ3v) is 2.97. The molecule has 4 heteroatoms. The molecule has 0 unspecified atom stereocenters. The fourth-order valence-corrected chi connectivity index (χ4v) is 2.12. The Morgan fingerprint density at radius 1 is 1.12 bits per heavy atom. The van der Waals surface area contributed by atoms with Crippen molar-refractivity contribution < 1.29 is 0 Å². The number of aromatic nitrogens is 2. The van der Waals surface area contributed by atoms with Crippen LogP contribution >= 0.6 is 0 Å². The van der Waals surface area contributed by atoms with Crippen LogP contribution in [0.3, 0.4) is 0 Å². The van der Waals surface area contributed by atoms with Gasteiger partial charge < -0.3 is 10.2 Å². The second kappa shape index (κ2) is 4.06. The minimum absolute atomic E-state index is 1.00. The number of nitrogens with one attached hydrogen (secondary N) is 1. The second-order valence-electron chi connectivity index (χ2n) is 3.99. The average molecular weight is 214 g/mol. The summed E-state index contributed by atoms with van der Waals surface area (Å²) in [7, 11) is 0. The van der Waals surface area contributed by atoms with E-state index in [-0.39, 0.29) is 0 Å². The van der Waals surface area contributed by atoms with Crippen molar-refractivity contribution in [3.8, 4) is 0 Å². The molecule has 0 bridgehead atoms. The molecule has 1 aliphatic heterocycles. The average Bonchev–Trinajstić information content (AvgIpc) is 2.39. The lowest BCUT2D eigenvalue weighted by molar-refractivity contribution is 0.584. The lowest BCUT2D eigenvalue weighted by Gasteiger charge is -2.28. The van der Waals surface area contributed by atoms with E-state index in [1.54, 1.807) is 0 Å². The molecule has 1 fully saturated rings. The molecule has 1 N–H and O–H groups in total. The maximum absolute atomic E-state index is 4.28. The fourth-order valence-electron chi connectivity index (χ4n) is 2.12. The number of hydrogen-bond acceptors (Lipinski definition) is 4. The first-order chi connectivity index (χ1) is 7.95. The van der Waals surface area contributed by atoms with Gasteiger partial charge in [-0.2, -0.15) is 5.10 Å². The molecule has 0 spiro atoms. The molecule has 3 rings (SSSR count). The van der Waals surface area contributed by atoms with Gasteiger partial charge in [-0.3, -0.25) is 0 Å². The van der Waals surface area contributed by atoms with Crippen LogP contribution in [0.5, 0.6) is 0 Å². The van der Waals surface area contributed by atoms with Crippen LogP contribution in [0.4, 0.5) is 5.82 Å². The summed E-state index contributed by atoms with van der Waals surface area (Å²) in [5, 5.41) is 14.0. The number of benzene rings is 1. The van der Waals surface area contributed by atoms with Gasteiger partial charge in [0.25, 0.3) is 0 Å². The number of hydrogen-bond donors (Lipinski definition) is 1. The monoisotopic (exact) mass is 214 g/mol. The first-order valence-corrected chi connectivity index (χ1v) is 5.61. The molecular weight excluding hydrogens is 200 g/mol. The van der Waals surface area contributed by atoms with E-state index in [0.29, 0.717) is 0 Å². The molecule has 0 saturated carbocycles. The van der Waals surface area contributed by atoms with E-state index in [2.05, 4.69) is 38.6 Å². The Labute approximate surface area is 94.3 Å². The molecule has 0 atom stereocenters. The van der Waals surface area contributed by atoms with E-state index < -0.39 is 0 Å². The Morgan fingerprint density at radius 3 is 2.81 bits per heavy atom. The molecule has 1 aromatic carbocycles. The number of anilines is 1. The molecule has 1 aromatic heterocycles. The maximum atomic E-state index is 4.28. The Bertz CT molecular complexity index is 486. The first kappa shape index (κ1) is 9.54. The van der Waals surface area contributed by atoms with Crippen LogP contribution < -0.4 is 10.2 Å². The van der Waals surface area contributed by atoms with Gasteiger partial charge in [0.2, 0.25) is 0 Å². The molecule has 82 valence electrons. The molecule has 16 heavy (non-hydrogen) atoms. The van der Waals surface area contributed by atoms with Crippen molar-refractivity contribution in [3.05, 3.63) is 30.5 Å². The van der Waals surface area contributed by atoms with Crippen LogP contribution in [0.15, 0.2) is 30.5 Å². The summed E-state index contributed by atoms with van der Waals surface area (Å²) in [6.45, 7) is 4.04. The predicted octanol–water partition coefficient (Wildman–Crippen LogP) is 1.04. The van der Waals surface area contributed by atoms with Gasteiger partial charge in [0.15, 0.2) is 5.82 Å². The third kappa shape index (κ3) is 1.61. The normalized spacial score (nSPS) is 16.6. The van der Waals surface area contributed by atoms with Crippen molar-refractivity contribution >= 4 is 16.6 Å². The van der Waals surface area contributed by atoms with Gasteiger partial charge in [0.05, 0.1) is 6.20 Å².